The van der Waals surface area contributed by atoms with Gasteiger partial charge >= 0.3 is 0 Å². The van der Waals surface area contributed by atoms with Crippen LogP contribution in [0.5, 0.6) is 0 Å². The average Bonchev–Trinajstić information content (AvgIpc) is 2.51. The highest BCUT2D eigenvalue weighted by Crippen LogP contribution is 2.25. The number of nitrogens with one attached hydrogen (secondary N) is 2. The Balaban J connectivity index is 1.75. The van der Waals surface area contributed by atoms with Gasteiger partial charge in [0.2, 0.25) is 5.91 Å². The molecule has 110 valence electrons. The first-order valence-corrected chi connectivity index (χ1v) is 7.59. The van der Waals surface area contributed by atoms with Gasteiger partial charge < -0.3 is 10.6 Å². The number of aryl methyl sites for hydroxylation is 1. The smallest absolute Gasteiger partial charge is 0.224 e. The molecule has 0 atom stereocenters. The van der Waals surface area contributed by atoms with Crippen LogP contribution < -0.4 is 10.6 Å². The fraction of sp³-hybridized carbons (Fsp3) is 0.412. The second-order valence-electron chi connectivity index (χ2n) is 5.78. The molecule has 1 amide bonds. The van der Waals surface area contributed by atoms with Gasteiger partial charge in [0.25, 0.3) is 0 Å². The fourth-order valence-corrected chi connectivity index (χ4v) is 2.97. The van der Waals surface area contributed by atoms with Gasteiger partial charge in [0, 0.05) is 18.0 Å². The molecule has 2 heterocycles. The zero-order valence-electron chi connectivity index (χ0n) is 12.4. The summed E-state index contributed by atoms with van der Waals surface area (Å²) in [5.74, 6) is 0.608. The van der Waals surface area contributed by atoms with E-state index in [-0.39, 0.29) is 5.91 Å². The molecule has 1 aliphatic rings. The number of hydrogen-bond acceptors (Lipinski definition) is 3. The molecule has 1 saturated heterocycles. The van der Waals surface area contributed by atoms with Crippen LogP contribution in [0.1, 0.15) is 24.8 Å². The summed E-state index contributed by atoms with van der Waals surface area (Å²) in [6.45, 7) is 4.08. The first kappa shape index (κ1) is 14.0. The molecule has 4 nitrogen and oxygen atoms in total. The molecule has 1 aromatic heterocycles. The maximum Gasteiger partial charge on any atom is 0.224 e. The minimum absolute atomic E-state index is 0.107. The topological polar surface area (TPSA) is 54.0 Å². The molecular weight excluding hydrogens is 262 g/mol. The van der Waals surface area contributed by atoms with Gasteiger partial charge in [0.15, 0.2) is 0 Å². The number of benzene rings is 1. The molecule has 1 aliphatic heterocycles. The molecule has 1 fully saturated rings. The summed E-state index contributed by atoms with van der Waals surface area (Å²) in [5, 5.41) is 7.40. The van der Waals surface area contributed by atoms with Gasteiger partial charge in [-0.1, -0.05) is 6.07 Å². The Morgan fingerprint density at radius 2 is 2.14 bits per heavy atom. The monoisotopic (exact) mass is 283 g/mol. The molecular formula is C17H21N3O. The van der Waals surface area contributed by atoms with Crippen molar-refractivity contribution in [3.05, 3.63) is 36.0 Å². The van der Waals surface area contributed by atoms with Crippen molar-refractivity contribution in [1.82, 2.24) is 10.3 Å². The van der Waals surface area contributed by atoms with Crippen LogP contribution in [-0.4, -0.2) is 24.0 Å². The van der Waals surface area contributed by atoms with E-state index in [4.69, 9.17) is 0 Å². The predicted octanol–water partition coefficient (Wildman–Crippen LogP) is 2.87. The van der Waals surface area contributed by atoms with E-state index < -0.39 is 0 Å². The summed E-state index contributed by atoms with van der Waals surface area (Å²) in [5.41, 5.74) is 2.95. The Labute approximate surface area is 125 Å². The van der Waals surface area contributed by atoms with E-state index >= 15 is 0 Å². The first-order valence-electron chi connectivity index (χ1n) is 7.59. The maximum absolute atomic E-state index is 12.3. The average molecular weight is 283 g/mol. The van der Waals surface area contributed by atoms with Crippen molar-refractivity contribution in [2.24, 2.45) is 5.92 Å². The molecule has 0 bridgehead atoms. The van der Waals surface area contributed by atoms with Gasteiger partial charge in [-0.05, 0) is 62.5 Å². The lowest BCUT2D eigenvalue weighted by Gasteiger charge is -2.22. The number of nitrogens with zero attached hydrogens (tertiary/aromatic N) is 1. The van der Waals surface area contributed by atoms with Gasteiger partial charge in [-0.15, -0.1) is 0 Å². The van der Waals surface area contributed by atoms with Crippen LogP contribution in [0.4, 0.5) is 5.69 Å². The summed E-state index contributed by atoms with van der Waals surface area (Å²) in [6.07, 6.45) is 4.57. The highest BCUT2D eigenvalue weighted by Gasteiger charge is 2.17. The molecule has 21 heavy (non-hydrogen) atoms. The molecule has 0 spiro atoms. The summed E-state index contributed by atoms with van der Waals surface area (Å²) in [7, 11) is 0. The largest absolute Gasteiger partial charge is 0.325 e. The third kappa shape index (κ3) is 3.22. The number of piperidine rings is 1. The molecule has 2 N–H and O–H groups in total. The molecule has 2 aromatic rings. The van der Waals surface area contributed by atoms with Crippen LogP contribution >= 0.6 is 0 Å². The van der Waals surface area contributed by atoms with Crippen molar-refractivity contribution < 1.29 is 4.79 Å². The third-order valence-corrected chi connectivity index (χ3v) is 4.18. The SMILES string of the molecule is Cc1ccc(NC(=O)CC2CCNCC2)c2cccnc12. The minimum Gasteiger partial charge on any atom is -0.325 e. The number of carbonyl (C=O) groups excluding carboxylic acids is 1. The zero-order chi connectivity index (χ0) is 14.7. The normalized spacial score (nSPS) is 16.0. The highest BCUT2D eigenvalue weighted by molar-refractivity contribution is 6.01. The first-order chi connectivity index (χ1) is 10.2. The number of fused-ring (bicyclic) bond motifs is 1. The standard InChI is InChI=1S/C17H21N3O/c1-12-4-5-15(14-3-2-8-19-17(12)14)20-16(21)11-13-6-9-18-10-7-13/h2-5,8,13,18H,6-7,9-11H2,1H3,(H,20,21). The number of amides is 1. The number of aromatic nitrogens is 1. The summed E-state index contributed by atoms with van der Waals surface area (Å²) in [6, 6.07) is 7.90. The maximum atomic E-state index is 12.3. The van der Waals surface area contributed by atoms with Crippen molar-refractivity contribution >= 4 is 22.5 Å². The molecule has 0 unspecified atom stereocenters. The van der Waals surface area contributed by atoms with Gasteiger partial charge in [-0.2, -0.15) is 0 Å². The third-order valence-electron chi connectivity index (χ3n) is 4.18. The van der Waals surface area contributed by atoms with E-state index in [0.29, 0.717) is 12.3 Å². The van der Waals surface area contributed by atoms with E-state index in [1.165, 1.54) is 0 Å². The van der Waals surface area contributed by atoms with Gasteiger partial charge in [-0.3, -0.25) is 9.78 Å². The van der Waals surface area contributed by atoms with Gasteiger partial charge in [-0.25, -0.2) is 0 Å². The Morgan fingerprint density at radius 1 is 1.33 bits per heavy atom. The number of rotatable bonds is 3. The summed E-state index contributed by atoms with van der Waals surface area (Å²) >= 11 is 0. The van der Waals surface area contributed by atoms with E-state index in [2.05, 4.69) is 15.6 Å². The van der Waals surface area contributed by atoms with Crippen LogP contribution in [0.15, 0.2) is 30.5 Å². The molecule has 4 heteroatoms. The minimum atomic E-state index is 0.107. The molecule has 0 aliphatic carbocycles. The van der Waals surface area contributed by atoms with Gasteiger partial charge in [0.1, 0.15) is 0 Å². The number of hydrogen-bond donors (Lipinski definition) is 2. The van der Waals surface area contributed by atoms with Crippen molar-refractivity contribution in [2.75, 3.05) is 18.4 Å². The molecule has 1 aromatic carbocycles. The highest BCUT2D eigenvalue weighted by atomic mass is 16.1. The molecule has 0 radical (unpaired) electrons. The lowest BCUT2D eigenvalue weighted by atomic mass is 9.94. The predicted molar refractivity (Wildman–Crippen MR) is 85.3 cm³/mol. The van der Waals surface area contributed by atoms with Crippen LogP contribution in [0, 0.1) is 12.8 Å². The van der Waals surface area contributed by atoms with E-state index in [9.17, 15) is 4.79 Å². The Bertz CT molecular complexity index is 648. The fourth-order valence-electron chi connectivity index (χ4n) is 2.97. The van der Waals surface area contributed by atoms with E-state index in [0.717, 1.165) is 48.1 Å². The van der Waals surface area contributed by atoms with Crippen molar-refractivity contribution in [2.45, 2.75) is 26.2 Å². The second-order valence-corrected chi connectivity index (χ2v) is 5.78. The molecule has 0 saturated carbocycles. The van der Waals surface area contributed by atoms with Crippen LogP contribution in [-0.2, 0) is 4.79 Å². The van der Waals surface area contributed by atoms with Crippen molar-refractivity contribution in [3.8, 4) is 0 Å². The Morgan fingerprint density at radius 3 is 2.95 bits per heavy atom. The van der Waals surface area contributed by atoms with E-state index in [1.54, 1.807) is 6.20 Å². The zero-order valence-corrected chi connectivity index (χ0v) is 12.4. The van der Waals surface area contributed by atoms with Crippen LogP contribution in [0.3, 0.4) is 0 Å². The summed E-state index contributed by atoms with van der Waals surface area (Å²) in [4.78, 5) is 16.7. The van der Waals surface area contributed by atoms with Crippen LogP contribution in [0.25, 0.3) is 10.9 Å². The second kappa shape index (κ2) is 6.22. The van der Waals surface area contributed by atoms with Crippen molar-refractivity contribution in [1.29, 1.82) is 0 Å². The molecule has 3 rings (SSSR count). The number of pyridine rings is 1. The Hall–Kier alpha value is -1.94. The van der Waals surface area contributed by atoms with Crippen LogP contribution in [0.2, 0.25) is 0 Å². The number of anilines is 1. The van der Waals surface area contributed by atoms with Gasteiger partial charge in [0.05, 0.1) is 11.2 Å². The van der Waals surface area contributed by atoms with E-state index in [1.807, 2.05) is 31.2 Å². The Kier molecular flexibility index (Phi) is 4.15. The summed E-state index contributed by atoms with van der Waals surface area (Å²) < 4.78 is 0. The lowest BCUT2D eigenvalue weighted by molar-refractivity contribution is -0.117. The lowest BCUT2D eigenvalue weighted by Crippen LogP contribution is -2.30. The van der Waals surface area contributed by atoms with Crippen molar-refractivity contribution in [3.63, 3.8) is 0 Å². The number of carbonyl (C=O) groups is 1. The quantitative estimate of drug-likeness (QED) is 0.910.